The predicted octanol–water partition coefficient (Wildman–Crippen LogP) is 2.44. The number of rotatable bonds is 5. The Kier molecular flexibility index (Phi) is 4.42. The summed E-state index contributed by atoms with van der Waals surface area (Å²) in [5.74, 6) is -2.76. The van der Waals surface area contributed by atoms with Gasteiger partial charge in [0.25, 0.3) is 5.91 Å². The molecule has 0 unspecified atom stereocenters. The Morgan fingerprint density at radius 1 is 1.20 bits per heavy atom. The zero-order valence-corrected chi connectivity index (χ0v) is 13.2. The van der Waals surface area contributed by atoms with Gasteiger partial charge < -0.3 is 10.5 Å². The van der Waals surface area contributed by atoms with Gasteiger partial charge in [0.2, 0.25) is 0 Å². The Morgan fingerprint density at radius 2 is 1.92 bits per heavy atom. The first-order valence-electron chi connectivity index (χ1n) is 7.33. The third kappa shape index (κ3) is 3.32. The van der Waals surface area contributed by atoms with Crippen LogP contribution in [0.15, 0.2) is 42.5 Å². The number of carbonyl (C=O) groups is 1. The molecule has 0 aliphatic rings. The van der Waals surface area contributed by atoms with Gasteiger partial charge in [-0.3, -0.25) is 4.79 Å². The summed E-state index contributed by atoms with van der Waals surface area (Å²) < 4.78 is 34.4. The van der Waals surface area contributed by atoms with Crippen molar-refractivity contribution in [3.63, 3.8) is 0 Å². The summed E-state index contributed by atoms with van der Waals surface area (Å²) in [4.78, 5) is 15.5. The van der Waals surface area contributed by atoms with Gasteiger partial charge in [-0.1, -0.05) is 30.3 Å². The SMILES string of the molecule is Cn1nc(COc2ccc(F)c(C(N)=O)c2F)nc1-c1ccccc1. The highest BCUT2D eigenvalue weighted by atomic mass is 19.1. The topological polar surface area (TPSA) is 83.0 Å². The number of hydrogen-bond donors (Lipinski definition) is 1. The van der Waals surface area contributed by atoms with Gasteiger partial charge in [0.05, 0.1) is 0 Å². The first-order chi connectivity index (χ1) is 12.0. The van der Waals surface area contributed by atoms with Crippen molar-refractivity contribution in [3.8, 4) is 17.1 Å². The number of ether oxygens (including phenoxy) is 1. The summed E-state index contributed by atoms with van der Waals surface area (Å²) in [6, 6.07) is 11.4. The van der Waals surface area contributed by atoms with Crippen molar-refractivity contribution in [2.45, 2.75) is 6.61 Å². The van der Waals surface area contributed by atoms with Crippen molar-refractivity contribution in [1.29, 1.82) is 0 Å². The number of primary amides is 1. The number of hydrogen-bond acceptors (Lipinski definition) is 4. The van der Waals surface area contributed by atoms with Crippen molar-refractivity contribution >= 4 is 5.91 Å². The van der Waals surface area contributed by atoms with E-state index in [-0.39, 0.29) is 12.4 Å². The highest BCUT2D eigenvalue weighted by Gasteiger charge is 2.20. The van der Waals surface area contributed by atoms with E-state index in [4.69, 9.17) is 10.5 Å². The number of nitrogens with two attached hydrogens (primary N) is 1. The fourth-order valence-corrected chi connectivity index (χ4v) is 2.35. The Hall–Kier alpha value is -3.29. The molecule has 8 heteroatoms. The van der Waals surface area contributed by atoms with Crippen LogP contribution in [0.5, 0.6) is 5.75 Å². The van der Waals surface area contributed by atoms with E-state index < -0.39 is 23.1 Å². The minimum absolute atomic E-state index is 0.151. The van der Waals surface area contributed by atoms with Crippen molar-refractivity contribution < 1.29 is 18.3 Å². The van der Waals surface area contributed by atoms with Gasteiger partial charge in [0.1, 0.15) is 18.0 Å². The fraction of sp³-hybridized carbons (Fsp3) is 0.118. The van der Waals surface area contributed by atoms with Crippen LogP contribution in [0.3, 0.4) is 0 Å². The van der Waals surface area contributed by atoms with Crippen LogP contribution in [0.2, 0.25) is 0 Å². The molecule has 2 N–H and O–H groups in total. The maximum atomic E-state index is 14.1. The molecule has 0 aliphatic heterocycles. The molecule has 0 aliphatic carbocycles. The van der Waals surface area contributed by atoms with Gasteiger partial charge >= 0.3 is 0 Å². The predicted molar refractivity (Wildman–Crippen MR) is 85.6 cm³/mol. The lowest BCUT2D eigenvalue weighted by Gasteiger charge is -2.08. The van der Waals surface area contributed by atoms with E-state index in [0.717, 1.165) is 17.7 Å². The zero-order valence-electron chi connectivity index (χ0n) is 13.2. The third-order valence-corrected chi connectivity index (χ3v) is 3.50. The minimum atomic E-state index is -1.21. The lowest BCUT2D eigenvalue weighted by Crippen LogP contribution is -2.16. The highest BCUT2D eigenvalue weighted by Crippen LogP contribution is 2.24. The summed E-state index contributed by atoms with van der Waals surface area (Å²) >= 11 is 0. The van der Waals surface area contributed by atoms with Crippen molar-refractivity contribution in [2.24, 2.45) is 12.8 Å². The van der Waals surface area contributed by atoms with Crippen LogP contribution in [0.4, 0.5) is 8.78 Å². The second-order valence-corrected chi connectivity index (χ2v) is 5.23. The molecule has 0 saturated heterocycles. The molecule has 1 amide bonds. The third-order valence-electron chi connectivity index (χ3n) is 3.50. The van der Waals surface area contributed by atoms with Crippen molar-refractivity contribution in [3.05, 3.63) is 65.5 Å². The summed E-state index contributed by atoms with van der Waals surface area (Å²) in [5, 5.41) is 4.20. The number of amides is 1. The second-order valence-electron chi connectivity index (χ2n) is 5.23. The molecular formula is C17H14F2N4O2. The molecule has 1 aromatic heterocycles. The monoisotopic (exact) mass is 344 g/mol. The van der Waals surface area contributed by atoms with Crippen molar-refractivity contribution in [1.82, 2.24) is 14.8 Å². The van der Waals surface area contributed by atoms with Crippen molar-refractivity contribution in [2.75, 3.05) is 0 Å². The maximum Gasteiger partial charge on any atom is 0.254 e. The number of carbonyl (C=O) groups excluding carboxylic acids is 1. The molecule has 0 bridgehead atoms. The molecule has 3 rings (SSSR count). The minimum Gasteiger partial charge on any atom is -0.482 e. The molecule has 2 aromatic carbocycles. The summed E-state index contributed by atoms with van der Waals surface area (Å²) in [6.45, 7) is -0.151. The van der Waals surface area contributed by atoms with Crippen LogP contribution in [0.1, 0.15) is 16.2 Å². The lowest BCUT2D eigenvalue weighted by molar-refractivity contribution is 0.0991. The number of halogens is 2. The number of nitrogens with zero attached hydrogens (tertiary/aromatic N) is 3. The maximum absolute atomic E-state index is 14.1. The Morgan fingerprint density at radius 3 is 2.60 bits per heavy atom. The summed E-state index contributed by atoms with van der Waals surface area (Å²) in [6.07, 6.45) is 0. The first kappa shape index (κ1) is 16.6. The highest BCUT2D eigenvalue weighted by molar-refractivity contribution is 5.93. The molecule has 3 aromatic rings. The van der Waals surface area contributed by atoms with E-state index in [1.165, 1.54) is 0 Å². The zero-order chi connectivity index (χ0) is 18.0. The Bertz CT molecular complexity index is 926. The molecule has 6 nitrogen and oxygen atoms in total. The first-order valence-corrected chi connectivity index (χ1v) is 7.33. The van der Waals surface area contributed by atoms with Gasteiger partial charge in [-0.2, -0.15) is 5.10 Å². The van der Waals surface area contributed by atoms with E-state index in [2.05, 4.69) is 10.1 Å². The average Bonchev–Trinajstić information content (AvgIpc) is 2.95. The summed E-state index contributed by atoms with van der Waals surface area (Å²) in [5.41, 5.74) is 5.01. The van der Waals surface area contributed by atoms with Gasteiger partial charge in [-0.25, -0.2) is 18.4 Å². The van der Waals surface area contributed by atoms with Crippen LogP contribution >= 0.6 is 0 Å². The van der Waals surface area contributed by atoms with Crippen LogP contribution in [0, 0.1) is 11.6 Å². The standard InChI is InChI=1S/C17H14F2N4O2/c1-23-17(10-5-3-2-4-6-10)21-13(22-23)9-25-12-8-7-11(18)14(15(12)19)16(20)24/h2-8H,9H2,1H3,(H2,20,24). The van der Waals surface area contributed by atoms with E-state index in [1.807, 2.05) is 30.3 Å². The summed E-state index contributed by atoms with van der Waals surface area (Å²) in [7, 11) is 1.72. The molecule has 0 fully saturated rings. The van der Waals surface area contributed by atoms with Crippen LogP contribution in [-0.4, -0.2) is 20.7 Å². The van der Waals surface area contributed by atoms with Gasteiger partial charge in [0.15, 0.2) is 23.2 Å². The molecule has 25 heavy (non-hydrogen) atoms. The van der Waals surface area contributed by atoms with E-state index in [0.29, 0.717) is 11.6 Å². The van der Waals surface area contributed by atoms with Gasteiger partial charge in [-0.15, -0.1) is 0 Å². The van der Waals surface area contributed by atoms with Crippen LogP contribution < -0.4 is 10.5 Å². The molecule has 128 valence electrons. The molecular weight excluding hydrogens is 330 g/mol. The largest absolute Gasteiger partial charge is 0.482 e. The smallest absolute Gasteiger partial charge is 0.254 e. The number of aromatic nitrogens is 3. The van der Waals surface area contributed by atoms with Gasteiger partial charge in [-0.05, 0) is 12.1 Å². The molecule has 0 saturated carbocycles. The van der Waals surface area contributed by atoms with E-state index >= 15 is 0 Å². The normalized spacial score (nSPS) is 10.7. The molecule has 0 spiro atoms. The molecule has 0 radical (unpaired) electrons. The van der Waals surface area contributed by atoms with E-state index in [1.54, 1.807) is 11.7 Å². The number of aryl methyl sites for hydroxylation is 1. The molecule has 0 atom stereocenters. The van der Waals surface area contributed by atoms with Gasteiger partial charge in [0, 0.05) is 12.6 Å². The van der Waals surface area contributed by atoms with E-state index in [9.17, 15) is 13.6 Å². The molecule has 1 heterocycles. The van der Waals surface area contributed by atoms with Crippen LogP contribution in [0.25, 0.3) is 11.4 Å². The quantitative estimate of drug-likeness (QED) is 0.771. The Labute approximate surface area is 141 Å². The fourth-order valence-electron chi connectivity index (χ4n) is 2.35. The van der Waals surface area contributed by atoms with Crippen LogP contribution in [-0.2, 0) is 13.7 Å². The number of benzene rings is 2. The Balaban J connectivity index is 1.82. The average molecular weight is 344 g/mol. The lowest BCUT2D eigenvalue weighted by atomic mass is 10.1. The second kappa shape index (κ2) is 6.68.